The normalized spacial score (nSPS) is 25.8. The molecule has 0 aromatic rings. The van der Waals surface area contributed by atoms with Crippen molar-refractivity contribution in [1.29, 1.82) is 0 Å². The van der Waals surface area contributed by atoms with Gasteiger partial charge in [0.1, 0.15) is 0 Å². The zero-order valence-electron chi connectivity index (χ0n) is 11.2. The van der Waals surface area contributed by atoms with Crippen molar-refractivity contribution in [2.45, 2.75) is 76.9 Å². The summed E-state index contributed by atoms with van der Waals surface area (Å²) in [5.41, 5.74) is 0. The van der Waals surface area contributed by atoms with Crippen LogP contribution in [0.25, 0.3) is 0 Å². The van der Waals surface area contributed by atoms with Crippen LogP contribution in [0.2, 0.25) is 0 Å². The summed E-state index contributed by atoms with van der Waals surface area (Å²) in [5.74, 6) is 1.52. The lowest BCUT2D eigenvalue weighted by Crippen LogP contribution is -2.31. The second kappa shape index (κ2) is 6.75. The summed E-state index contributed by atoms with van der Waals surface area (Å²) in [6.45, 7) is 2.77. The van der Waals surface area contributed by atoms with Crippen molar-refractivity contribution in [3.05, 3.63) is 0 Å². The molecule has 2 fully saturated rings. The maximum absolute atomic E-state index is 10.3. The number of aliphatic hydroxyl groups excluding tert-OH is 1. The fourth-order valence-electron chi connectivity index (χ4n) is 3.23. The van der Waals surface area contributed by atoms with E-state index in [4.69, 9.17) is 4.74 Å². The van der Waals surface area contributed by atoms with Crippen molar-refractivity contribution >= 4 is 0 Å². The Labute approximate surface area is 106 Å². The monoisotopic (exact) mass is 240 g/mol. The highest BCUT2D eigenvalue weighted by molar-refractivity contribution is 4.87. The highest BCUT2D eigenvalue weighted by Gasteiger charge is 2.36. The Morgan fingerprint density at radius 1 is 1.12 bits per heavy atom. The molecule has 2 saturated carbocycles. The first-order valence-electron chi connectivity index (χ1n) is 7.61. The van der Waals surface area contributed by atoms with Gasteiger partial charge in [-0.25, -0.2) is 0 Å². The van der Waals surface area contributed by atoms with Gasteiger partial charge in [0.25, 0.3) is 0 Å². The van der Waals surface area contributed by atoms with E-state index in [2.05, 4.69) is 0 Å². The van der Waals surface area contributed by atoms with Crippen LogP contribution in [0.1, 0.15) is 64.7 Å². The Hall–Kier alpha value is -0.0800. The third kappa shape index (κ3) is 4.26. The number of hydrogen-bond acceptors (Lipinski definition) is 2. The van der Waals surface area contributed by atoms with Gasteiger partial charge >= 0.3 is 0 Å². The van der Waals surface area contributed by atoms with Gasteiger partial charge in [0.2, 0.25) is 0 Å². The number of ether oxygens (including phenoxy) is 1. The van der Waals surface area contributed by atoms with Crippen LogP contribution in [0.4, 0.5) is 0 Å². The minimum Gasteiger partial charge on any atom is -0.390 e. The molecule has 0 aromatic carbocycles. The van der Waals surface area contributed by atoms with Crippen molar-refractivity contribution in [2.24, 2.45) is 11.8 Å². The van der Waals surface area contributed by atoms with E-state index in [-0.39, 0.29) is 12.2 Å². The first-order valence-corrected chi connectivity index (χ1v) is 7.61. The first-order chi connectivity index (χ1) is 8.31. The van der Waals surface area contributed by atoms with Crippen LogP contribution in [0.5, 0.6) is 0 Å². The molecule has 100 valence electrons. The summed E-state index contributed by atoms with van der Waals surface area (Å²) in [7, 11) is 0. The fourth-order valence-corrected chi connectivity index (χ4v) is 3.23. The Bertz CT molecular complexity index is 207. The first kappa shape index (κ1) is 13.4. The van der Waals surface area contributed by atoms with E-state index in [0.717, 1.165) is 18.9 Å². The van der Waals surface area contributed by atoms with Crippen molar-refractivity contribution in [3.63, 3.8) is 0 Å². The summed E-state index contributed by atoms with van der Waals surface area (Å²) in [6, 6.07) is 0. The predicted molar refractivity (Wildman–Crippen MR) is 70.0 cm³/mol. The molecule has 2 atom stereocenters. The van der Waals surface area contributed by atoms with Crippen molar-refractivity contribution in [1.82, 2.24) is 0 Å². The Morgan fingerprint density at radius 2 is 1.82 bits per heavy atom. The van der Waals surface area contributed by atoms with E-state index in [0.29, 0.717) is 5.92 Å². The Kier molecular flexibility index (Phi) is 5.30. The molecule has 0 spiro atoms. The molecule has 0 saturated heterocycles. The third-order valence-corrected chi connectivity index (χ3v) is 4.42. The fraction of sp³-hybridized carbons (Fsp3) is 1.00. The largest absolute Gasteiger partial charge is 0.390 e. The quantitative estimate of drug-likeness (QED) is 0.737. The summed E-state index contributed by atoms with van der Waals surface area (Å²) in [6.07, 6.45) is 11.6. The Morgan fingerprint density at radius 3 is 2.41 bits per heavy atom. The van der Waals surface area contributed by atoms with Crippen LogP contribution in [0.3, 0.4) is 0 Å². The minimum atomic E-state index is -0.218. The second-order valence-electron chi connectivity index (χ2n) is 5.91. The molecule has 2 aliphatic carbocycles. The number of rotatable bonds is 7. The van der Waals surface area contributed by atoms with E-state index in [1.54, 1.807) is 0 Å². The summed E-state index contributed by atoms with van der Waals surface area (Å²) in [4.78, 5) is 0. The zero-order chi connectivity index (χ0) is 12.1. The number of aliphatic hydroxyl groups is 1. The molecule has 1 N–H and O–H groups in total. The van der Waals surface area contributed by atoms with E-state index >= 15 is 0 Å². The van der Waals surface area contributed by atoms with Crippen LogP contribution in [0.15, 0.2) is 0 Å². The zero-order valence-corrected chi connectivity index (χ0v) is 11.2. The molecule has 17 heavy (non-hydrogen) atoms. The van der Waals surface area contributed by atoms with Crippen LogP contribution in [0, 0.1) is 11.8 Å². The lowest BCUT2D eigenvalue weighted by atomic mass is 9.85. The maximum atomic E-state index is 10.3. The van der Waals surface area contributed by atoms with Gasteiger partial charge in [-0.1, -0.05) is 32.1 Å². The van der Waals surface area contributed by atoms with Crippen LogP contribution in [-0.4, -0.2) is 23.9 Å². The van der Waals surface area contributed by atoms with E-state index in [1.165, 1.54) is 51.4 Å². The lowest BCUT2D eigenvalue weighted by Gasteiger charge is -2.26. The molecule has 2 heteroatoms. The molecular weight excluding hydrogens is 212 g/mol. The average molecular weight is 240 g/mol. The van der Waals surface area contributed by atoms with Gasteiger partial charge in [0.15, 0.2) is 0 Å². The third-order valence-electron chi connectivity index (χ3n) is 4.42. The molecule has 2 aliphatic rings. The molecule has 0 amide bonds. The van der Waals surface area contributed by atoms with E-state index in [1.807, 2.05) is 6.92 Å². The average Bonchev–Trinajstić information content (AvgIpc) is 3.18. The van der Waals surface area contributed by atoms with Gasteiger partial charge in [-0.2, -0.15) is 0 Å². The van der Waals surface area contributed by atoms with Gasteiger partial charge in [0.05, 0.1) is 12.2 Å². The summed E-state index contributed by atoms with van der Waals surface area (Å²) >= 11 is 0. The predicted octanol–water partition coefficient (Wildman–Crippen LogP) is 3.52. The van der Waals surface area contributed by atoms with E-state index < -0.39 is 0 Å². The molecule has 0 aromatic heterocycles. The molecule has 2 nitrogen and oxygen atoms in total. The summed E-state index contributed by atoms with van der Waals surface area (Å²) < 4.78 is 5.72. The van der Waals surface area contributed by atoms with Gasteiger partial charge in [-0.3, -0.25) is 0 Å². The molecule has 0 heterocycles. The smallest absolute Gasteiger partial charge is 0.0861 e. The van der Waals surface area contributed by atoms with Crippen LogP contribution in [-0.2, 0) is 4.74 Å². The SMILES string of the molecule is CCOC(C(O)CCC1CCCCC1)C1CC1. The Balaban J connectivity index is 1.68. The standard InChI is InChI=1S/C15H28O2/c1-2-17-15(13-9-10-13)14(16)11-8-12-6-4-3-5-7-12/h12-16H,2-11H2,1H3. The topological polar surface area (TPSA) is 29.5 Å². The van der Waals surface area contributed by atoms with Gasteiger partial charge in [-0.15, -0.1) is 0 Å². The van der Waals surface area contributed by atoms with Crippen molar-refractivity contribution in [3.8, 4) is 0 Å². The molecule has 0 aliphatic heterocycles. The maximum Gasteiger partial charge on any atom is 0.0861 e. The van der Waals surface area contributed by atoms with E-state index in [9.17, 15) is 5.11 Å². The minimum absolute atomic E-state index is 0.128. The highest BCUT2D eigenvalue weighted by Crippen LogP contribution is 2.37. The molecule has 0 radical (unpaired) electrons. The summed E-state index contributed by atoms with van der Waals surface area (Å²) in [5, 5.41) is 10.3. The van der Waals surface area contributed by atoms with Crippen molar-refractivity contribution in [2.75, 3.05) is 6.61 Å². The number of hydrogen-bond donors (Lipinski definition) is 1. The molecule has 2 unspecified atom stereocenters. The van der Waals surface area contributed by atoms with Gasteiger partial charge < -0.3 is 9.84 Å². The van der Waals surface area contributed by atoms with Crippen LogP contribution >= 0.6 is 0 Å². The van der Waals surface area contributed by atoms with Crippen molar-refractivity contribution < 1.29 is 9.84 Å². The molecule has 0 bridgehead atoms. The second-order valence-corrected chi connectivity index (χ2v) is 5.91. The lowest BCUT2D eigenvalue weighted by molar-refractivity contribution is -0.0499. The van der Waals surface area contributed by atoms with Gasteiger partial charge in [-0.05, 0) is 44.4 Å². The highest BCUT2D eigenvalue weighted by atomic mass is 16.5. The molecule has 2 rings (SSSR count). The van der Waals surface area contributed by atoms with Gasteiger partial charge in [0, 0.05) is 6.61 Å². The molecular formula is C15H28O2. The van der Waals surface area contributed by atoms with Crippen LogP contribution < -0.4 is 0 Å².